The van der Waals surface area contributed by atoms with Crippen molar-refractivity contribution < 1.29 is 18.9 Å². The lowest BCUT2D eigenvalue weighted by molar-refractivity contribution is -0.0320. The van der Waals surface area contributed by atoms with Crippen molar-refractivity contribution in [3.8, 4) is 11.5 Å². The van der Waals surface area contributed by atoms with E-state index in [2.05, 4.69) is 22.5 Å². The Bertz CT molecular complexity index is 595. The number of hydrogen-bond acceptors (Lipinski definition) is 5. The molecule has 8 heteroatoms. The highest BCUT2D eigenvalue weighted by Gasteiger charge is 2.15. The molecule has 1 aromatic carbocycles. The number of rotatable bonds is 9. The van der Waals surface area contributed by atoms with E-state index in [1.807, 2.05) is 18.2 Å². The molecule has 0 radical (unpaired) electrons. The average molecular weight is 507 g/mol. The van der Waals surface area contributed by atoms with Crippen molar-refractivity contribution in [1.29, 1.82) is 0 Å². The molecule has 1 unspecified atom stereocenters. The van der Waals surface area contributed by atoms with E-state index in [-0.39, 0.29) is 30.0 Å². The van der Waals surface area contributed by atoms with E-state index >= 15 is 0 Å². The number of nitrogens with zero attached hydrogens (tertiary/aromatic N) is 1. The van der Waals surface area contributed by atoms with Crippen molar-refractivity contribution in [3.63, 3.8) is 0 Å². The first-order chi connectivity index (χ1) is 13.2. The Morgan fingerprint density at radius 1 is 1.25 bits per heavy atom. The van der Waals surface area contributed by atoms with Crippen LogP contribution in [0.15, 0.2) is 23.2 Å². The van der Waals surface area contributed by atoms with Gasteiger partial charge in [0.2, 0.25) is 0 Å². The molecular formula is C20H34IN3O4. The Kier molecular flexibility index (Phi) is 12.2. The summed E-state index contributed by atoms with van der Waals surface area (Å²) in [6, 6.07) is 5.79. The van der Waals surface area contributed by atoms with Gasteiger partial charge in [-0.15, -0.1) is 24.0 Å². The summed E-state index contributed by atoms with van der Waals surface area (Å²) in [6.45, 7) is 5.23. The third kappa shape index (κ3) is 8.00. The molecule has 0 saturated carbocycles. The molecule has 0 aliphatic carbocycles. The van der Waals surface area contributed by atoms with Crippen LogP contribution in [0.3, 0.4) is 0 Å². The van der Waals surface area contributed by atoms with Gasteiger partial charge in [-0.2, -0.15) is 0 Å². The Morgan fingerprint density at radius 3 is 2.64 bits per heavy atom. The molecule has 1 saturated heterocycles. The first kappa shape index (κ1) is 24.8. The summed E-state index contributed by atoms with van der Waals surface area (Å²) in [7, 11) is 5.10. The monoisotopic (exact) mass is 507 g/mol. The zero-order chi connectivity index (χ0) is 19.5. The third-order valence-electron chi connectivity index (χ3n) is 4.62. The second kappa shape index (κ2) is 13.8. The highest BCUT2D eigenvalue weighted by Crippen LogP contribution is 2.29. The summed E-state index contributed by atoms with van der Waals surface area (Å²) in [4.78, 5) is 4.30. The molecule has 2 rings (SSSR count). The van der Waals surface area contributed by atoms with E-state index in [9.17, 15) is 0 Å². The van der Waals surface area contributed by atoms with E-state index in [0.717, 1.165) is 68.6 Å². The third-order valence-corrected chi connectivity index (χ3v) is 4.62. The van der Waals surface area contributed by atoms with Gasteiger partial charge < -0.3 is 29.6 Å². The summed E-state index contributed by atoms with van der Waals surface area (Å²) in [6.07, 6.45) is 3.26. The zero-order valence-corrected chi connectivity index (χ0v) is 19.7. The van der Waals surface area contributed by atoms with Crippen LogP contribution < -0.4 is 20.1 Å². The molecule has 0 bridgehead atoms. The van der Waals surface area contributed by atoms with Crippen molar-refractivity contribution in [2.75, 3.05) is 47.6 Å². The first-order valence-electron chi connectivity index (χ1n) is 9.56. The van der Waals surface area contributed by atoms with Gasteiger partial charge in [0, 0.05) is 39.0 Å². The van der Waals surface area contributed by atoms with Crippen LogP contribution >= 0.6 is 24.0 Å². The number of ether oxygens (including phenoxy) is 4. The Morgan fingerprint density at radius 2 is 2.00 bits per heavy atom. The number of guanidine groups is 1. The van der Waals surface area contributed by atoms with Gasteiger partial charge in [0.05, 0.1) is 26.4 Å². The second-order valence-corrected chi connectivity index (χ2v) is 6.51. The van der Waals surface area contributed by atoms with Gasteiger partial charge >= 0.3 is 0 Å². The molecule has 1 atom stereocenters. The fraction of sp³-hybridized carbons (Fsp3) is 0.650. The van der Waals surface area contributed by atoms with E-state index in [0.29, 0.717) is 6.10 Å². The summed E-state index contributed by atoms with van der Waals surface area (Å²) in [5.74, 6) is 2.36. The van der Waals surface area contributed by atoms with Crippen LogP contribution in [-0.4, -0.2) is 59.7 Å². The smallest absolute Gasteiger partial charge is 0.191 e. The van der Waals surface area contributed by atoms with Crippen LogP contribution in [0.2, 0.25) is 0 Å². The average Bonchev–Trinajstić information content (AvgIpc) is 2.72. The molecule has 2 N–H and O–H groups in total. The van der Waals surface area contributed by atoms with Crippen LogP contribution in [0.25, 0.3) is 0 Å². The summed E-state index contributed by atoms with van der Waals surface area (Å²) in [5, 5.41) is 6.73. The molecule has 0 spiro atoms. The minimum absolute atomic E-state index is 0. The zero-order valence-electron chi connectivity index (χ0n) is 17.3. The topological polar surface area (TPSA) is 73.3 Å². The normalized spacial score (nSPS) is 16.1. The molecule has 0 aromatic heterocycles. The molecule has 0 amide bonds. The minimum Gasteiger partial charge on any atom is -0.497 e. The largest absolute Gasteiger partial charge is 0.497 e. The molecular weight excluding hydrogens is 473 g/mol. The van der Waals surface area contributed by atoms with Crippen molar-refractivity contribution in [1.82, 2.24) is 10.6 Å². The molecule has 160 valence electrons. The van der Waals surface area contributed by atoms with Gasteiger partial charge in [0.25, 0.3) is 0 Å². The molecule has 1 aliphatic heterocycles. The van der Waals surface area contributed by atoms with Gasteiger partial charge in [0.15, 0.2) is 5.96 Å². The van der Waals surface area contributed by atoms with Gasteiger partial charge in [-0.1, -0.05) is 0 Å². The van der Waals surface area contributed by atoms with Gasteiger partial charge in [-0.3, -0.25) is 4.99 Å². The van der Waals surface area contributed by atoms with Crippen LogP contribution in [0.5, 0.6) is 11.5 Å². The highest BCUT2D eigenvalue weighted by atomic mass is 127. The second-order valence-electron chi connectivity index (χ2n) is 6.51. The van der Waals surface area contributed by atoms with Crippen molar-refractivity contribution >= 4 is 29.9 Å². The predicted molar refractivity (Wildman–Crippen MR) is 122 cm³/mol. The lowest BCUT2D eigenvalue weighted by atomic mass is 10.1. The van der Waals surface area contributed by atoms with Crippen molar-refractivity contribution in [2.45, 2.75) is 38.3 Å². The van der Waals surface area contributed by atoms with E-state index in [1.54, 1.807) is 21.3 Å². The highest BCUT2D eigenvalue weighted by molar-refractivity contribution is 14.0. The lowest BCUT2D eigenvalue weighted by Gasteiger charge is -2.23. The fourth-order valence-electron chi connectivity index (χ4n) is 3.03. The van der Waals surface area contributed by atoms with E-state index in [4.69, 9.17) is 18.9 Å². The van der Waals surface area contributed by atoms with Crippen LogP contribution in [-0.2, 0) is 9.47 Å². The Hall–Kier alpha value is -1.26. The van der Waals surface area contributed by atoms with E-state index in [1.165, 1.54) is 0 Å². The van der Waals surface area contributed by atoms with Crippen molar-refractivity contribution in [2.24, 2.45) is 4.99 Å². The van der Waals surface area contributed by atoms with Crippen LogP contribution in [0.1, 0.15) is 37.8 Å². The molecule has 1 heterocycles. The molecule has 1 aliphatic rings. The van der Waals surface area contributed by atoms with E-state index < -0.39 is 0 Å². The maximum absolute atomic E-state index is 5.89. The number of halogens is 1. The first-order valence-corrected chi connectivity index (χ1v) is 9.56. The standard InChI is InChI=1S/C20H33N3O4.HI/c1-15(18-14-17(24-3)6-7-19(18)25-4)23-20(21-2)22-10-5-11-27-16-8-12-26-13-9-16;/h6-7,14-16H,5,8-13H2,1-4H3,(H2,21,22,23);1H. The van der Waals surface area contributed by atoms with Crippen LogP contribution in [0, 0.1) is 0 Å². The van der Waals surface area contributed by atoms with Crippen LogP contribution in [0.4, 0.5) is 0 Å². The molecule has 7 nitrogen and oxygen atoms in total. The van der Waals surface area contributed by atoms with Gasteiger partial charge in [-0.05, 0) is 44.4 Å². The lowest BCUT2D eigenvalue weighted by Crippen LogP contribution is -2.39. The number of hydrogen-bond donors (Lipinski definition) is 2. The number of nitrogens with one attached hydrogen (secondary N) is 2. The maximum Gasteiger partial charge on any atom is 0.191 e. The number of benzene rings is 1. The van der Waals surface area contributed by atoms with Gasteiger partial charge in [0.1, 0.15) is 11.5 Å². The molecule has 28 heavy (non-hydrogen) atoms. The number of methoxy groups -OCH3 is 2. The van der Waals surface area contributed by atoms with Gasteiger partial charge in [-0.25, -0.2) is 0 Å². The predicted octanol–water partition coefficient (Wildman–Crippen LogP) is 3.13. The molecule has 1 fully saturated rings. The SMILES string of the molecule is CN=C(NCCCOC1CCOCC1)NC(C)c1cc(OC)ccc1OC.I. The minimum atomic E-state index is 0. The Labute approximate surface area is 185 Å². The maximum atomic E-state index is 5.89. The summed E-state index contributed by atoms with van der Waals surface area (Å²) >= 11 is 0. The summed E-state index contributed by atoms with van der Waals surface area (Å²) < 4.78 is 22.0. The molecule has 1 aromatic rings. The summed E-state index contributed by atoms with van der Waals surface area (Å²) in [5.41, 5.74) is 1.02. The number of aliphatic imine (C=N–C) groups is 1. The van der Waals surface area contributed by atoms with Crippen molar-refractivity contribution in [3.05, 3.63) is 23.8 Å². The fourth-order valence-corrected chi connectivity index (χ4v) is 3.03. The Balaban J connectivity index is 0.00000392. The quantitative estimate of drug-likeness (QED) is 0.232.